The highest BCUT2D eigenvalue weighted by atomic mass is 79.9. The first kappa shape index (κ1) is 12.0. The Labute approximate surface area is 108 Å². The van der Waals surface area contributed by atoms with Crippen LogP contribution < -0.4 is 9.47 Å². The molecule has 1 heterocycles. The summed E-state index contributed by atoms with van der Waals surface area (Å²) in [6, 6.07) is 7.48. The summed E-state index contributed by atoms with van der Waals surface area (Å²) in [5.74, 6) is 2.07. The highest BCUT2D eigenvalue weighted by Crippen LogP contribution is 2.32. The zero-order valence-corrected chi connectivity index (χ0v) is 11.2. The van der Waals surface area contributed by atoms with E-state index in [-0.39, 0.29) is 0 Å². The van der Waals surface area contributed by atoms with E-state index in [4.69, 9.17) is 14.0 Å². The van der Waals surface area contributed by atoms with E-state index in [1.165, 1.54) is 0 Å². The van der Waals surface area contributed by atoms with Crippen LogP contribution in [-0.2, 0) is 5.33 Å². The summed E-state index contributed by atoms with van der Waals surface area (Å²) in [4.78, 5) is 0. The Hall–Kier alpha value is -1.49. The lowest BCUT2D eigenvalue weighted by Gasteiger charge is -2.07. The molecule has 0 amide bonds. The van der Waals surface area contributed by atoms with E-state index < -0.39 is 0 Å². The summed E-state index contributed by atoms with van der Waals surface area (Å²) in [7, 11) is 3.21. The summed E-state index contributed by atoms with van der Waals surface area (Å²) in [5, 5.41) is 4.59. The van der Waals surface area contributed by atoms with Gasteiger partial charge in [0.15, 0.2) is 17.3 Å². The van der Waals surface area contributed by atoms with Crippen molar-refractivity contribution >= 4 is 15.9 Å². The standard InChI is InChI=1S/C12H12BrNO3/c1-15-10-4-3-8(5-12(10)16-2)11-6-9(7-13)14-17-11/h3-6H,7H2,1-2H3. The summed E-state index contributed by atoms with van der Waals surface area (Å²) in [6.07, 6.45) is 0. The van der Waals surface area contributed by atoms with Gasteiger partial charge in [0.25, 0.3) is 0 Å². The Kier molecular flexibility index (Phi) is 3.68. The van der Waals surface area contributed by atoms with Gasteiger partial charge in [-0.2, -0.15) is 0 Å². The number of benzene rings is 1. The molecule has 0 spiro atoms. The molecule has 1 aromatic heterocycles. The molecule has 0 bridgehead atoms. The minimum absolute atomic E-state index is 0.668. The average Bonchev–Trinajstić information content (AvgIpc) is 2.86. The molecule has 0 saturated heterocycles. The first-order chi connectivity index (χ1) is 8.28. The lowest BCUT2D eigenvalue weighted by atomic mass is 10.1. The van der Waals surface area contributed by atoms with E-state index in [0.717, 1.165) is 11.3 Å². The number of alkyl halides is 1. The SMILES string of the molecule is COc1ccc(-c2cc(CBr)no2)cc1OC. The largest absolute Gasteiger partial charge is 0.493 e. The molecular weight excluding hydrogens is 286 g/mol. The van der Waals surface area contributed by atoms with E-state index in [1.807, 2.05) is 24.3 Å². The molecule has 0 radical (unpaired) electrons. The normalized spacial score (nSPS) is 10.3. The molecule has 0 saturated carbocycles. The summed E-state index contributed by atoms with van der Waals surface area (Å²) in [5.41, 5.74) is 1.76. The second kappa shape index (κ2) is 5.23. The molecular formula is C12H12BrNO3. The van der Waals surface area contributed by atoms with Gasteiger partial charge in [-0.1, -0.05) is 21.1 Å². The second-order valence-corrected chi connectivity index (χ2v) is 3.95. The number of aromatic nitrogens is 1. The van der Waals surface area contributed by atoms with Crippen LogP contribution in [0.3, 0.4) is 0 Å². The van der Waals surface area contributed by atoms with Crippen molar-refractivity contribution in [3.05, 3.63) is 30.0 Å². The van der Waals surface area contributed by atoms with Crippen LogP contribution in [0.2, 0.25) is 0 Å². The van der Waals surface area contributed by atoms with Gasteiger partial charge in [0.05, 0.1) is 19.9 Å². The van der Waals surface area contributed by atoms with Crippen LogP contribution in [0.5, 0.6) is 11.5 Å². The Morgan fingerprint density at radius 2 is 1.94 bits per heavy atom. The molecule has 0 aliphatic carbocycles. The zero-order valence-electron chi connectivity index (χ0n) is 9.57. The maximum absolute atomic E-state index is 5.24. The molecule has 5 heteroatoms. The van der Waals surface area contributed by atoms with Crippen LogP contribution in [0.1, 0.15) is 5.69 Å². The fourth-order valence-electron chi connectivity index (χ4n) is 1.50. The van der Waals surface area contributed by atoms with Crippen LogP contribution in [0.15, 0.2) is 28.8 Å². The van der Waals surface area contributed by atoms with Gasteiger partial charge >= 0.3 is 0 Å². The fraction of sp³-hybridized carbons (Fsp3) is 0.250. The Balaban J connectivity index is 2.38. The van der Waals surface area contributed by atoms with Crippen LogP contribution in [0.4, 0.5) is 0 Å². The maximum atomic E-state index is 5.24. The molecule has 2 rings (SSSR count). The number of hydrogen-bond donors (Lipinski definition) is 0. The Morgan fingerprint density at radius 1 is 1.18 bits per heavy atom. The van der Waals surface area contributed by atoms with Gasteiger partial charge in [0.2, 0.25) is 0 Å². The van der Waals surface area contributed by atoms with E-state index in [1.54, 1.807) is 14.2 Å². The third-order valence-electron chi connectivity index (χ3n) is 2.36. The Morgan fingerprint density at radius 3 is 2.53 bits per heavy atom. The number of rotatable bonds is 4. The highest BCUT2D eigenvalue weighted by Gasteiger charge is 2.10. The van der Waals surface area contributed by atoms with Crippen LogP contribution in [0, 0.1) is 0 Å². The third kappa shape index (κ3) is 2.44. The molecule has 0 N–H and O–H groups in total. The van der Waals surface area contributed by atoms with Crippen molar-refractivity contribution < 1.29 is 14.0 Å². The average molecular weight is 298 g/mol. The predicted molar refractivity (Wildman–Crippen MR) is 67.7 cm³/mol. The minimum atomic E-state index is 0.668. The molecule has 0 aliphatic rings. The molecule has 0 aliphatic heterocycles. The third-order valence-corrected chi connectivity index (χ3v) is 2.94. The van der Waals surface area contributed by atoms with Crippen LogP contribution in [0.25, 0.3) is 11.3 Å². The second-order valence-electron chi connectivity index (χ2n) is 3.39. The van der Waals surface area contributed by atoms with E-state index >= 15 is 0 Å². The quantitative estimate of drug-likeness (QED) is 0.813. The van der Waals surface area contributed by atoms with Gasteiger partial charge in [0, 0.05) is 17.0 Å². The van der Waals surface area contributed by atoms with Crippen molar-refractivity contribution in [3.63, 3.8) is 0 Å². The number of methoxy groups -OCH3 is 2. The molecule has 4 nitrogen and oxygen atoms in total. The van der Waals surface area contributed by atoms with E-state index in [9.17, 15) is 0 Å². The van der Waals surface area contributed by atoms with Crippen molar-refractivity contribution in [3.8, 4) is 22.8 Å². The van der Waals surface area contributed by atoms with Gasteiger partial charge in [-0.15, -0.1) is 0 Å². The molecule has 0 unspecified atom stereocenters. The highest BCUT2D eigenvalue weighted by molar-refractivity contribution is 9.08. The van der Waals surface area contributed by atoms with Gasteiger partial charge in [-0.05, 0) is 18.2 Å². The minimum Gasteiger partial charge on any atom is -0.493 e. The summed E-state index contributed by atoms with van der Waals surface area (Å²) >= 11 is 3.33. The molecule has 1 aromatic carbocycles. The summed E-state index contributed by atoms with van der Waals surface area (Å²) < 4.78 is 15.6. The first-order valence-corrected chi connectivity index (χ1v) is 6.14. The molecule has 0 fully saturated rings. The molecule has 2 aromatic rings. The van der Waals surface area contributed by atoms with Gasteiger partial charge < -0.3 is 14.0 Å². The van der Waals surface area contributed by atoms with Crippen LogP contribution in [-0.4, -0.2) is 19.4 Å². The number of hydrogen-bond acceptors (Lipinski definition) is 4. The predicted octanol–water partition coefficient (Wildman–Crippen LogP) is 3.25. The first-order valence-electron chi connectivity index (χ1n) is 5.02. The summed E-state index contributed by atoms with van der Waals surface area (Å²) in [6.45, 7) is 0. The van der Waals surface area contributed by atoms with E-state index in [2.05, 4.69) is 21.1 Å². The molecule has 0 atom stereocenters. The smallest absolute Gasteiger partial charge is 0.167 e. The van der Waals surface area contributed by atoms with Crippen molar-refractivity contribution in [2.24, 2.45) is 0 Å². The molecule has 90 valence electrons. The van der Waals surface area contributed by atoms with Crippen molar-refractivity contribution in [1.82, 2.24) is 5.16 Å². The maximum Gasteiger partial charge on any atom is 0.167 e. The van der Waals surface area contributed by atoms with Gasteiger partial charge in [0.1, 0.15) is 0 Å². The Bertz CT molecular complexity index is 510. The van der Waals surface area contributed by atoms with Crippen molar-refractivity contribution in [1.29, 1.82) is 0 Å². The van der Waals surface area contributed by atoms with Crippen LogP contribution >= 0.6 is 15.9 Å². The zero-order chi connectivity index (χ0) is 12.3. The van der Waals surface area contributed by atoms with Gasteiger partial charge in [-0.25, -0.2) is 0 Å². The van der Waals surface area contributed by atoms with E-state index in [0.29, 0.717) is 22.6 Å². The van der Waals surface area contributed by atoms with Crippen molar-refractivity contribution in [2.75, 3.05) is 14.2 Å². The van der Waals surface area contributed by atoms with Gasteiger partial charge in [-0.3, -0.25) is 0 Å². The number of halogens is 1. The topological polar surface area (TPSA) is 44.5 Å². The number of ether oxygens (including phenoxy) is 2. The lowest BCUT2D eigenvalue weighted by Crippen LogP contribution is -1.90. The monoisotopic (exact) mass is 297 g/mol. The number of nitrogens with zero attached hydrogens (tertiary/aromatic N) is 1. The fourth-order valence-corrected chi connectivity index (χ4v) is 1.76. The lowest BCUT2D eigenvalue weighted by molar-refractivity contribution is 0.355. The molecule has 17 heavy (non-hydrogen) atoms. The van der Waals surface area contributed by atoms with Crippen molar-refractivity contribution in [2.45, 2.75) is 5.33 Å².